The van der Waals surface area contributed by atoms with Crippen molar-refractivity contribution >= 4 is 23.1 Å². The summed E-state index contributed by atoms with van der Waals surface area (Å²) in [6.45, 7) is 6.07. The second-order valence-corrected chi connectivity index (χ2v) is 8.04. The Hall–Kier alpha value is -1.07. The molecule has 22 heavy (non-hydrogen) atoms. The smallest absolute Gasteiger partial charge is 0.191 e. The lowest BCUT2D eigenvalue weighted by Crippen LogP contribution is -2.16. The van der Waals surface area contributed by atoms with Crippen LogP contribution < -0.4 is 0 Å². The highest BCUT2D eigenvalue weighted by molar-refractivity contribution is 7.99. The summed E-state index contributed by atoms with van der Waals surface area (Å²) in [4.78, 5) is 1.36. The SMILES string of the molecule is C=C(C)CSc1nnc(Cc2cccs2)n1C1CCCCC1. The van der Waals surface area contributed by atoms with Crippen molar-refractivity contribution < 1.29 is 0 Å². The van der Waals surface area contributed by atoms with E-state index >= 15 is 0 Å². The van der Waals surface area contributed by atoms with E-state index < -0.39 is 0 Å². The van der Waals surface area contributed by atoms with Crippen molar-refractivity contribution in [2.75, 3.05) is 5.75 Å². The Bertz CT molecular complexity index is 610. The summed E-state index contributed by atoms with van der Waals surface area (Å²) in [5.74, 6) is 2.04. The molecule has 118 valence electrons. The summed E-state index contributed by atoms with van der Waals surface area (Å²) in [7, 11) is 0. The third-order valence-corrected chi connectivity index (χ3v) is 6.09. The first-order valence-electron chi connectivity index (χ1n) is 7.97. The van der Waals surface area contributed by atoms with Gasteiger partial charge in [-0.25, -0.2) is 0 Å². The maximum Gasteiger partial charge on any atom is 0.191 e. The van der Waals surface area contributed by atoms with Gasteiger partial charge in [0.05, 0.1) is 0 Å². The van der Waals surface area contributed by atoms with Gasteiger partial charge in [-0.15, -0.1) is 21.5 Å². The maximum absolute atomic E-state index is 4.51. The molecule has 0 saturated heterocycles. The van der Waals surface area contributed by atoms with Crippen LogP contribution in [0.1, 0.15) is 55.8 Å². The van der Waals surface area contributed by atoms with Crippen LogP contribution in [0.2, 0.25) is 0 Å². The molecule has 3 nitrogen and oxygen atoms in total. The topological polar surface area (TPSA) is 30.7 Å². The molecule has 0 amide bonds. The van der Waals surface area contributed by atoms with Crippen LogP contribution in [0.25, 0.3) is 0 Å². The van der Waals surface area contributed by atoms with Crippen LogP contribution in [-0.2, 0) is 6.42 Å². The molecule has 0 bridgehead atoms. The molecule has 0 unspecified atom stereocenters. The largest absolute Gasteiger partial charge is 0.303 e. The molecular formula is C17H23N3S2. The van der Waals surface area contributed by atoms with Crippen molar-refractivity contribution in [3.63, 3.8) is 0 Å². The highest BCUT2D eigenvalue weighted by Crippen LogP contribution is 2.33. The van der Waals surface area contributed by atoms with E-state index in [1.54, 1.807) is 23.1 Å². The van der Waals surface area contributed by atoms with Gasteiger partial charge < -0.3 is 4.57 Å². The average Bonchev–Trinajstić information content (AvgIpc) is 3.16. The van der Waals surface area contributed by atoms with Crippen molar-refractivity contribution in [2.24, 2.45) is 0 Å². The van der Waals surface area contributed by atoms with Gasteiger partial charge in [-0.1, -0.05) is 49.2 Å². The molecule has 2 heterocycles. The second kappa shape index (κ2) is 7.47. The number of nitrogens with zero attached hydrogens (tertiary/aromatic N) is 3. The molecule has 0 N–H and O–H groups in total. The first-order chi connectivity index (χ1) is 10.7. The van der Waals surface area contributed by atoms with E-state index in [1.807, 2.05) is 0 Å². The Balaban J connectivity index is 1.85. The van der Waals surface area contributed by atoms with Crippen LogP contribution in [-0.4, -0.2) is 20.5 Å². The minimum absolute atomic E-state index is 0.575. The molecule has 0 aromatic carbocycles. The van der Waals surface area contributed by atoms with E-state index in [0.717, 1.165) is 23.2 Å². The van der Waals surface area contributed by atoms with Gasteiger partial charge in [0.1, 0.15) is 5.82 Å². The van der Waals surface area contributed by atoms with Gasteiger partial charge in [0.15, 0.2) is 5.16 Å². The molecule has 2 aromatic rings. The number of rotatable bonds is 6. The highest BCUT2D eigenvalue weighted by Gasteiger charge is 2.23. The van der Waals surface area contributed by atoms with E-state index in [0.29, 0.717) is 6.04 Å². The quantitative estimate of drug-likeness (QED) is 0.544. The van der Waals surface area contributed by atoms with Crippen molar-refractivity contribution in [3.05, 3.63) is 40.4 Å². The molecule has 1 aliphatic carbocycles. The lowest BCUT2D eigenvalue weighted by molar-refractivity contribution is 0.330. The zero-order valence-electron chi connectivity index (χ0n) is 13.1. The van der Waals surface area contributed by atoms with Crippen LogP contribution in [0.15, 0.2) is 34.8 Å². The fourth-order valence-electron chi connectivity index (χ4n) is 2.99. The Labute approximate surface area is 140 Å². The van der Waals surface area contributed by atoms with Crippen LogP contribution in [0.4, 0.5) is 0 Å². The Kier molecular flexibility index (Phi) is 5.37. The van der Waals surface area contributed by atoms with Crippen molar-refractivity contribution in [2.45, 2.75) is 56.6 Å². The van der Waals surface area contributed by atoms with E-state index in [1.165, 1.54) is 42.6 Å². The van der Waals surface area contributed by atoms with Gasteiger partial charge in [0.25, 0.3) is 0 Å². The molecule has 1 saturated carbocycles. The maximum atomic E-state index is 4.51. The number of aromatic nitrogens is 3. The molecule has 5 heteroatoms. The molecule has 0 radical (unpaired) electrons. The van der Waals surface area contributed by atoms with Crippen molar-refractivity contribution in [1.29, 1.82) is 0 Å². The normalized spacial score (nSPS) is 16.0. The third kappa shape index (κ3) is 3.82. The summed E-state index contributed by atoms with van der Waals surface area (Å²) in [5.41, 5.74) is 1.18. The van der Waals surface area contributed by atoms with Gasteiger partial charge in [-0.3, -0.25) is 0 Å². The van der Waals surface area contributed by atoms with Crippen molar-refractivity contribution in [3.8, 4) is 0 Å². The first kappa shape index (κ1) is 15.8. The summed E-state index contributed by atoms with van der Waals surface area (Å²) < 4.78 is 2.42. The molecular weight excluding hydrogens is 310 g/mol. The van der Waals surface area contributed by atoms with Crippen LogP contribution in [0.5, 0.6) is 0 Å². The first-order valence-corrected chi connectivity index (χ1v) is 9.84. The number of hydrogen-bond acceptors (Lipinski definition) is 4. The second-order valence-electron chi connectivity index (χ2n) is 6.06. The van der Waals surface area contributed by atoms with Crippen LogP contribution >= 0.6 is 23.1 Å². The number of hydrogen-bond donors (Lipinski definition) is 0. The Morgan fingerprint density at radius 1 is 1.36 bits per heavy atom. The van der Waals surface area contributed by atoms with Crippen LogP contribution in [0.3, 0.4) is 0 Å². The highest BCUT2D eigenvalue weighted by atomic mass is 32.2. The molecule has 2 aromatic heterocycles. The zero-order chi connectivity index (χ0) is 15.4. The van der Waals surface area contributed by atoms with E-state index in [9.17, 15) is 0 Å². The minimum Gasteiger partial charge on any atom is -0.303 e. The fraction of sp³-hybridized carbons (Fsp3) is 0.529. The molecule has 1 aliphatic rings. The van der Waals surface area contributed by atoms with E-state index in [2.05, 4.69) is 45.8 Å². The van der Waals surface area contributed by atoms with Gasteiger partial charge >= 0.3 is 0 Å². The molecule has 1 fully saturated rings. The van der Waals surface area contributed by atoms with E-state index in [-0.39, 0.29) is 0 Å². The molecule has 3 rings (SSSR count). The average molecular weight is 334 g/mol. The number of thioether (sulfide) groups is 1. The van der Waals surface area contributed by atoms with Gasteiger partial charge in [-0.05, 0) is 31.2 Å². The standard InChI is InChI=1S/C17H23N3S2/c1-13(2)12-22-17-19-18-16(11-15-9-6-10-21-15)20(17)14-7-4-3-5-8-14/h6,9-10,14H,1,3-5,7-8,11-12H2,2H3. The summed E-state index contributed by atoms with van der Waals surface area (Å²) >= 11 is 3.57. The predicted octanol–water partition coefficient (Wildman–Crippen LogP) is 5.10. The summed E-state index contributed by atoms with van der Waals surface area (Å²) in [5, 5.41) is 12.2. The predicted molar refractivity (Wildman–Crippen MR) is 94.8 cm³/mol. The monoisotopic (exact) mass is 333 g/mol. The number of thiophene rings is 1. The minimum atomic E-state index is 0.575. The molecule has 0 atom stereocenters. The van der Waals surface area contributed by atoms with Gasteiger partial charge in [0, 0.05) is 23.1 Å². The zero-order valence-corrected chi connectivity index (χ0v) is 14.8. The van der Waals surface area contributed by atoms with Crippen LogP contribution in [0, 0.1) is 0 Å². The van der Waals surface area contributed by atoms with Gasteiger partial charge in [0.2, 0.25) is 0 Å². The summed E-state index contributed by atoms with van der Waals surface area (Å²) in [6.07, 6.45) is 7.44. The third-order valence-electron chi connectivity index (χ3n) is 4.04. The van der Waals surface area contributed by atoms with E-state index in [4.69, 9.17) is 0 Å². The lowest BCUT2D eigenvalue weighted by atomic mass is 9.95. The summed E-state index contributed by atoms with van der Waals surface area (Å²) in [6, 6.07) is 4.87. The van der Waals surface area contributed by atoms with Crippen molar-refractivity contribution in [1.82, 2.24) is 14.8 Å². The lowest BCUT2D eigenvalue weighted by Gasteiger charge is -2.25. The Morgan fingerprint density at radius 3 is 2.86 bits per heavy atom. The molecule has 0 aliphatic heterocycles. The fourth-order valence-corrected chi connectivity index (χ4v) is 4.56. The molecule has 0 spiro atoms. The Morgan fingerprint density at radius 2 is 2.18 bits per heavy atom. The van der Waals surface area contributed by atoms with Gasteiger partial charge in [-0.2, -0.15) is 0 Å².